The van der Waals surface area contributed by atoms with E-state index < -0.39 is 5.97 Å². The minimum Gasteiger partial charge on any atom is -0.481 e. The summed E-state index contributed by atoms with van der Waals surface area (Å²) in [7, 11) is 0. The van der Waals surface area contributed by atoms with Gasteiger partial charge in [-0.1, -0.05) is 61.7 Å². The molecule has 128 valence electrons. The van der Waals surface area contributed by atoms with Gasteiger partial charge in [0.15, 0.2) is 0 Å². The molecule has 0 aliphatic rings. The van der Waals surface area contributed by atoms with Gasteiger partial charge in [0.05, 0.1) is 19.3 Å². The van der Waals surface area contributed by atoms with Crippen molar-refractivity contribution in [1.82, 2.24) is 0 Å². The van der Waals surface area contributed by atoms with Crippen LogP contribution in [-0.2, 0) is 4.79 Å². The number of aliphatic carboxylic acids is 1. The molecule has 2 nitrogen and oxygen atoms in total. The van der Waals surface area contributed by atoms with Crippen LogP contribution in [0.3, 0.4) is 0 Å². The van der Waals surface area contributed by atoms with Crippen molar-refractivity contribution in [2.24, 2.45) is 0 Å². The van der Waals surface area contributed by atoms with Gasteiger partial charge in [0.25, 0.3) is 0 Å². The Morgan fingerprint density at radius 3 is 1.58 bits per heavy atom. The standard InChI is InChI=1S/C22H28O2/c1-2-3-4-5-6-7-8-9-10-11-12-13-14-15-16-17-18-19-20-21-22(23)24/h2-6,9,12,15,18-21H2,1H3,(H,23,24). The molecule has 0 aromatic rings. The number of carboxylic acid groups (broad SMARTS) is 1. The highest BCUT2D eigenvalue weighted by atomic mass is 16.4. The first-order chi connectivity index (χ1) is 11.8. The lowest BCUT2D eigenvalue weighted by molar-refractivity contribution is -0.137. The first kappa shape index (κ1) is 21.7. The molecule has 0 heterocycles. The third-order valence-corrected chi connectivity index (χ3v) is 3.13. The van der Waals surface area contributed by atoms with E-state index >= 15 is 0 Å². The molecule has 0 amide bonds. The van der Waals surface area contributed by atoms with E-state index in [1.165, 1.54) is 25.7 Å². The zero-order valence-corrected chi connectivity index (χ0v) is 14.8. The normalized spacial score (nSPS) is 8.38. The average molecular weight is 324 g/mol. The number of rotatable bonds is 8. The third kappa shape index (κ3) is 19.7. The number of hydrogen-bond acceptors (Lipinski definition) is 1. The number of unbranched alkanes of at least 4 members (excludes halogenated alkanes) is 6. The molecule has 0 aromatic carbocycles. The zero-order valence-electron chi connectivity index (χ0n) is 14.8. The fourth-order valence-corrected chi connectivity index (χ4v) is 1.81. The molecule has 0 fully saturated rings. The predicted molar refractivity (Wildman–Crippen MR) is 99.8 cm³/mol. The van der Waals surface area contributed by atoms with Gasteiger partial charge in [0, 0.05) is 19.3 Å². The first-order valence-corrected chi connectivity index (χ1v) is 8.82. The summed E-state index contributed by atoms with van der Waals surface area (Å²) in [4.78, 5) is 10.3. The van der Waals surface area contributed by atoms with Crippen LogP contribution in [0.1, 0.15) is 84.0 Å². The minimum absolute atomic E-state index is 0.226. The quantitative estimate of drug-likeness (QED) is 0.515. The van der Waals surface area contributed by atoms with Gasteiger partial charge in [0.1, 0.15) is 0 Å². The lowest BCUT2D eigenvalue weighted by Gasteiger charge is -1.91. The predicted octanol–water partition coefficient (Wildman–Crippen LogP) is 4.79. The summed E-state index contributed by atoms with van der Waals surface area (Å²) in [6.45, 7) is 2.21. The van der Waals surface area contributed by atoms with Crippen LogP contribution in [0.15, 0.2) is 0 Å². The van der Waals surface area contributed by atoms with Crippen molar-refractivity contribution in [3.63, 3.8) is 0 Å². The summed E-state index contributed by atoms with van der Waals surface area (Å²) in [5.41, 5.74) is 0. The van der Waals surface area contributed by atoms with Gasteiger partial charge >= 0.3 is 5.97 Å². The Morgan fingerprint density at radius 1 is 0.667 bits per heavy atom. The van der Waals surface area contributed by atoms with Crippen molar-refractivity contribution < 1.29 is 9.90 Å². The van der Waals surface area contributed by atoms with E-state index in [9.17, 15) is 4.79 Å². The lowest BCUT2D eigenvalue weighted by atomic mass is 10.1. The van der Waals surface area contributed by atoms with E-state index in [1.54, 1.807) is 0 Å². The smallest absolute Gasteiger partial charge is 0.303 e. The van der Waals surface area contributed by atoms with E-state index in [-0.39, 0.29) is 6.42 Å². The Bertz CT molecular complexity index is 570. The number of hydrogen-bond donors (Lipinski definition) is 1. The molecule has 2 heteroatoms. The molecule has 0 aromatic heterocycles. The van der Waals surface area contributed by atoms with Crippen LogP contribution in [0.2, 0.25) is 0 Å². The van der Waals surface area contributed by atoms with Crippen molar-refractivity contribution >= 4 is 5.97 Å². The van der Waals surface area contributed by atoms with Gasteiger partial charge in [0.2, 0.25) is 0 Å². The Morgan fingerprint density at radius 2 is 1.12 bits per heavy atom. The van der Waals surface area contributed by atoms with E-state index in [1.807, 2.05) is 0 Å². The fraction of sp³-hybridized carbons (Fsp3) is 0.591. The minimum atomic E-state index is -0.743. The summed E-state index contributed by atoms with van der Waals surface area (Å²) in [6.07, 6.45) is 10.3. The van der Waals surface area contributed by atoms with E-state index in [0.29, 0.717) is 25.7 Å². The summed E-state index contributed by atoms with van der Waals surface area (Å²) >= 11 is 0. The molecular weight excluding hydrogens is 296 g/mol. The molecule has 0 saturated carbocycles. The van der Waals surface area contributed by atoms with Crippen LogP contribution in [0.25, 0.3) is 0 Å². The Balaban J connectivity index is 3.55. The molecule has 0 aliphatic carbocycles. The molecule has 0 unspecified atom stereocenters. The zero-order chi connectivity index (χ0) is 17.7. The van der Waals surface area contributed by atoms with Crippen molar-refractivity contribution in [3.8, 4) is 47.4 Å². The van der Waals surface area contributed by atoms with Crippen molar-refractivity contribution in [2.45, 2.75) is 84.0 Å². The summed E-state index contributed by atoms with van der Waals surface area (Å²) in [6, 6.07) is 0. The molecule has 0 atom stereocenters. The molecule has 0 radical (unpaired) electrons. The third-order valence-electron chi connectivity index (χ3n) is 3.13. The topological polar surface area (TPSA) is 37.3 Å². The van der Waals surface area contributed by atoms with E-state index in [0.717, 1.165) is 19.3 Å². The molecule has 1 N–H and O–H groups in total. The van der Waals surface area contributed by atoms with Gasteiger partial charge < -0.3 is 5.11 Å². The molecule has 0 saturated heterocycles. The average Bonchev–Trinajstić information content (AvgIpc) is 2.56. The van der Waals surface area contributed by atoms with Crippen molar-refractivity contribution in [3.05, 3.63) is 0 Å². The van der Waals surface area contributed by atoms with Gasteiger partial charge in [-0.2, -0.15) is 0 Å². The van der Waals surface area contributed by atoms with Gasteiger partial charge in [-0.25, -0.2) is 0 Å². The fourth-order valence-electron chi connectivity index (χ4n) is 1.81. The Kier molecular flexibility index (Phi) is 17.0. The number of carbonyl (C=O) groups is 1. The molecule has 0 rings (SSSR count). The summed E-state index contributed by atoms with van der Waals surface area (Å²) in [5.74, 6) is 23.4. The van der Waals surface area contributed by atoms with Crippen LogP contribution in [0, 0.1) is 47.4 Å². The van der Waals surface area contributed by atoms with Crippen LogP contribution in [-0.4, -0.2) is 11.1 Å². The Labute approximate surface area is 147 Å². The van der Waals surface area contributed by atoms with E-state index in [2.05, 4.69) is 54.3 Å². The molecule has 0 aliphatic heterocycles. The van der Waals surface area contributed by atoms with Crippen LogP contribution < -0.4 is 0 Å². The highest BCUT2D eigenvalue weighted by Gasteiger charge is 1.93. The molecule has 0 bridgehead atoms. The van der Waals surface area contributed by atoms with Gasteiger partial charge in [-0.05, 0) is 19.3 Å². The van der Waals surface area contributed by atoms with Gasteiger partial charge in [-0.15, -0.1) is 11.8 Å². The van der Waals surface area contributed by atoms with Gasteiger partial charge in [-0.3, -0.25) is 4.79 Å². The highest BCUT2D eigenvalue weighted by Crippen LogP contribution is 2.00. The highest BCUT2D eigenvalue weighted by molar-refractivity contribution is 5.66. The molecular formula is C22H28O2. The summed E-state index contributed by atoms with van der Waals surface area (Å²) in [5, 5.41) is 8.48. The van der Waals surface area contributed by atoms with Crippen molar-refractivity contribution in [1.29, 1.82) is 0 Å². The summed E-state index contributed by atoms with van der Waals surface area (Å²) < 4.78 is 0. The lowest BCUT2D eigenvalue weighted by Crippen LogP contribution is -1.92. The second kappa shape index (κ2) is 18.8. The maximum atomic E-state index is 10.3. The Hall–Kier alpha value is -2.29. The largest absolute Gasteiger partial charge is 0.481 e. The maximum Gasteiger partial charge on any atom is 0.303 e. The van der Waals surface area contributed by atoms with Crippen LogP contribution in [0.4, 0.5) is 0 Å². The molecule has 24 heavy (non-hydrogen) atoms. The second-order valence-corrected chi connectivity index (χ2v) is 5.36. The van der Waals surface area contributed by atoms with E-state index in [4.69, 9.17) is 5.11 Å². The molecule has 0 spiro atoms. The maximum absolute atomic E-state index is 10.3. The van der Waals surface area contributed by atoms with Crippen molar-refractivity contribution in [2.75, 3.05) is 0 Å². The first-order valence-electron chi connectivity index (χ1n) is 8.82. The van der Waals surface area contributed by atoms with Crippen LogP contribution >= 0.6 is 0 Å². The second-order valence-electron chi connectivity index (χ2n) is 5.36. The monoisotopic (exact) mass is 324 g/mol. The van der Waals surface area contributed by atoms with Crippen LogP contribution in [0.5, 0.6) is 0 Å². The number of carboxylic acids is 1. The SMILES string of the molecule is CCCCCCC#CCC#CCC#CCC#CCCCCC(=O)O.